The van der Waals surface area contributed by atoms with Crippen molar-refractivity contribution in [2.75, 3.05) is 6.61 Å². The SMILES string of the molecule is CC(C)c1ccccc1OCCn1c(-c2ccc(Cl)cc2Cl)nc2ccccc21. The number of fused-ring (bicyclic) bond motifs is 1. The lowest BCUT2D eigenvalue weighted by atomic mass is 10.0. The highest BCUT2D eigenvalue weighted by molar-refractivity contribution is 6.36. The standard InChI is InChI=1S/C24H22Cl2N2O/c1-16(2)18-7-3-6-10-23(18)29-14-13-28-22-9-5-4-8-21(22)27-24(28)19-12-11-17(25)15-20(19)26/h3-12,15-16H,13-14H2,1-2H3. The van der Waals surface area contributed by atoms with Crippen molar-refractivity contribution in [2.45, 2.75) is 26.3 Å². The third-order valence-electron chi connectivity index (χ3n) is 4.94. The molecule has 0 saturated heterocycles. The normalized spacial score (nSPS) is 11.3. The van der Waals surface area contributed by atoms with Gasteiger partial charge < -0.3 is 9.30 Å². The molecule has 1 heterocycles. The first-order chi connectivity index (χ1) is 14.0. The average molecular weight is 425 g/mol. The second-order valence-electron chi connectivity index (χ2n) is 7.24. The monoisotopic (exact) mass is 424 g/mol. The van der Waals surface area contributed by atoms with E-state index in [9.17, 15) is 0 Å². The highest BCUT2D eigenvalue weighted by Gasteiger charge is 2.16. The van der Waals surface area contributed by atoms with E-state index in [1.165, 1.54) is 5.56 Å². The first-order valence-corrected chi connectivity index (χ1v) is 10.4. The zero-order chi connectivity index (χ0) is 20.4. The van der Waals surface area contributed by atoms with Crippen molar-refractivity contribution in [2.24, 2.45) is 0 Å². The van der Waals surface area contributed by atoms with Crippen molar-refractivity contribution in [3.05, 3.63) is 82.3 Å². The smallest absolute Gasteiger partial charge is 0.142 e. The summed E-state index contributed by atoms with van der Waals surface area (Å²) in [6.45, 7) is 5.53. The van der Waals surface area contributed by atoms with Gasteiger partial charge in [-0.1, -0.05) is 67.4 Å². The van der Waals surface area contributed by atoms with Gasteiger partial charge in [0.15, 0.2) is 0 Å². The summed E-state index contributed by atoms with van der Waals surface area (Å²) in [6.07, 6.45) is 0. The Kier molecular flexibility index (Phi) is 5.79. The summed E-state index contributed by atoms with van der Waals surface area (Å²) in [5.41, 5.74) is 4.05. The van der Waals surface area contributed by atoms with Crippen LogP contribution in [-0.2, 0) is 6.54 Å². The zero-order valence-electron chi connectivity index (χ0n) is 16.4. The van der Waals surface area contributed by atoms with Gasteiger partial charge in [-0.05, 0) is 47.9 Å². The van der Waals surface area contributed by atoms with Gasteiger partial charge in [-0.3, -0.25) is 0 Å². The Labute approximate surface area is 180 Å². The number of halogens is 2. The van der Waals surface area contributed by atoms with Gasteiger partial charge in [-0.25, -0.2) is 4.98 Å². The number of nitrogens with zero attached hydrogens (tertiary/aromatic N) is 2. The van der Waals surface area contributed by atoms with Crippen molar-refractivity contribution >= 4 is 34.2 Å². The molecule has 0 N–H and O–H groups in total. The molecule has 148 valence electrons. The maximum Gasteiger partial charge on any atom is 0.142 e. The maximum absolute atomic E-state index is 6.48. The molecule has 0 atom stereocenters. The molecule has 3 aromatic carbocycles. The van der Waals surface area contributed by atoms with Crippen LogP contribution < -0.4 is 4.74 Å². The number of hydrogen-bond acceptors (Lipinski definition) is 2. The van der Waals surface area contributed by atoms with Crippen LogP contribution in [0.4, 0.5) is 0 Å². The summed E-state index contributed by atoms with van der Waals surface area (Å²) >= 11 is 12.6. The van der Waals surface area contributed by atoms with Crippen molar-refractivity contribution in [1.29, 1.82) is 0 Å². The van der Waals surface area contributed by atoms with Gasteiger partial charge >= 0.3 is 0 Å². The second-order valence-corrected chi connectivity index (χ2v) is 8.08. The molecule has 4 aromatic rings. The molecule has 4 rings (SSSR count). The van der Waals surface area contributed by atoms with Gasteiger partial charge in [0.05, 0.1) is 22.6 Å². The van der Waals surface area contributed by atoms with E-state index >= 15 is 0 Å². The van der Waals surface area contributed by atoms with E-state index in [4.69, 9.17) is 32.9 Å². The summed E-state index contributed by atoms with van der Waals surface area (Å²) < 4.78 is 8.31. The quantitative estimate of drug-likeness (QED) is 0.326. The third-order valence-corrected chi connectivity index (χ3v) is 5.49. The van der Waals surface area contributed by atoms with Crippen molar-refractivity contribution in [3.63, 3.8) is 0 Å². The van der Waals surface area contributed by atoms with Crippen LogP contribution in [0, 0.1) is 0 Å². The number of aromatic nitrogens is 2. The lowest BCUT2D eigenvalue weighted by Gasteiger charge is -2.15. The molecule has 3 nitrogen and oxygen atoms in total. The van der Waals surface area contributed by atoms with Crippen LogP contribution in [0.5, 0.6) is 5.75 Å². The minimum absolute atomic E-state index is 0.406. The molecule has 0 aliphatic heterocycles. The summed E-state index contributed by atoms with van der Waals surface area (Å²) in [4.78, 5) is 4.82. The molecule has 0 bridgehead atoms. The average Bonchev–Trinajstić information content (AvgIpc) is 3.06. The Morgan fingerprint density at radius 3 is 2.52 bits per heavy atom. The summed E-state index contributed by atoms with van der Waals surface area (Å²) in [6, 6.07) is 21.8. The number of rotatable bonds is 6. The van der Waals surface area contributed by atoms with Crippen molar-refractivity contribution in [3.8, 4) is 17.1 Å². The highest BCUT2D eigenvalue weighted by atomic mass is 35.5. The summed E-state index contributed by atoms with van der Waals surface area (Å²) in [5.74, 6) is 2.15. The molecule has 0 aliphatic rings. The molecular formula is C24H22Cl2N2O. The predicted molar refractivity (Wildman–Crippen MR) is 121 cm³/mol. The van der Waals surface area contributed by atoms with Gasteiger partial charge in [-0.2, -0.15) is 0 Å². The van der Waals surface area contributed by atoms with E-state index in [1.54, 1.807) is 6.07 Å². The van der Waals surface area contributed by atoms with Gasteiger partial charge in [-0.15, -0.1) is 0 Å². The highest BCUT2D eigenvalue weighted by Crippen LogP contribution is 2.32. The van der Waals surface area contributed by atoms with Crippen LogP contribution >= 0.6 is 23.2 Å². The number of imidazole rings is 1. The number of para-hydroxylation sites is 3. The number of benzene rings is 3. The molecule has 1 aromatic heterocycles. The van der Waals surface area contributed by atoms with Crippen LogP contribution in [0.1, 0.15) is 25.3 Å². The molecule has 0 aliphatic carbocycles. The molecule has 0 saturated carbocycles. The second kappa shape index (κ2) is 8.48. The minimum Gasteiger partial charge on any atom is -0.491 e. The van der Waals surface area contributed by atoms with Crippen LogP contribution in [0.25, 0.3) is 22.4 Å². The minimum atomic E-state index is 0.406. The number of ether oxygens (including phenoxy) is 1. The van der Waals surface area contributed by atoms with Crippen LogP contribution in [0.2, 0.25) is 10.0 Å². The first-order valence-electron chi connectivity index (χ1n) is 9.67. The van der Waals surface area contributed by atoms with E-state index in [0.717, 1.165) is 28.2 Å². The van der Waals surface area contributed by atoms with E-state index in [2.05, 4.69) is 30.5 Å². The third kappa shape index (κ3) is 4.12. The Balaban J connectivity index is 1.67. The van der Waals surface area contributed by atoms with E-state index in [-0.39, 0.29) is 0 Å². The van der Waals surface area contributed by atoms with Gasteiger partial charge in [0.1, 0.15) is 18.2 Å². The molecule has 0 amide bonds. The summed E-state index contributed by atoms with van der Waals surface area (Å²) in [5, 5.41) is 1.19. The molecule has 0 spiro atoms. The van der Waals surface area contributed by atoms with Crippen LogP contribution in [-0.4, -0.2) is 16.2 Å². The van der Waals surface area contributed by atoms with Gasteiger partial charge in [0.2, 0.25) is 0 Å². The molecular weight excluding hydrogens is 403 g/mol. The Morgan fingerprint density at radius 2 is 1.72 bits per heavy atom. The van der Waals surface area contributed by atoms with Crippen LogP contribution in [0.15, 0.2) is 66.7 Å². The molecule has 0 fully saturated rings. The lowest BCUT2D eigenvalue weighted by Crippen LogP contribution is -2.10. The lowest BCUT2D eigenvalue weighted by molar-refractivity contribution is 0.297. The maximum atomic E-state index is 6.48. The Morgan fingerprint density at radius 1 is 0.966 bits per heavy atom. The fourth-order valence-electron chi connectivity index (χ4n) is 3.51. The van der Waals surface area contributed by atoms with Crippen LogP contribution in [0.3, 0.4) is 0 Å². The van der Waals surface area contributed by atoms with Crippen molar-refractivity contribution in [1.82, 2.24) is 9.55 Å². The Bertz CT molecular complexity index is 1150. The topological polar surface area (TPSA) is 27.1 Å². The molecule has 0 unspecified atom stereocenters. The molecule has 5 heteroatoms. The molecule has 0 radical (unpaired) electrons. The van der Waals surface area contributed by atoms with E-state index in [0.29, 0.717) is 29.1 Å². The predicted octanol–water partition coefficient (Wildman–Crippen LogP) is 7.21. The van der Waals surface area contributed by atoms with E-state index < -0.39 is 0 Å². The number of hydrogen-bond donors (Lipinski definition) is 0. The van der Waals surface area contributed by atoms with E-state index in [1.807, 2.05) is 48.5 Å². The zero-order valence-corrected chi connectivity index (χ0v) is 17.9. The van der Waals surface area contributed by atoms with Gasteiger partial charge in [0, 0.05) is 10.6 Å². The first kappa shape index (κ1) is 19.8. The largest absolute Gasteiger partial charge is 0.491 e. The summed E-state index contributed by atoms with van der Waals surface area (Å²) in [7, 11) is 0. The molecule has 29 heavy (non-hydrogen) atoms. The fourth-order valence-corrected chi connectivity index (χ4v) is 4.01. The Hall–Kier alpha value is -2.49. The van der Waals surface area contributed by atoms with Gasteiger partial charge in [0.25, 0.3) is 0 Å². The van der Waals surface area contributed by atoms with Crippen molar-refractivity contribution < 1.29 is 4.74 Å². The fraction of sp³-hybridized carbons (Fsp3) is 0.208.